The van der Waals surface area contributed by atoms with Crippen LogP contribution in [0.2, 0.25) is 5.02 Å². The molecule has 1 amide bonds. The molecular weight excluding hydrogens is 434 g/mol. The highest BCUT2D eigenvalue weighted by Gasteiger charge is 2.16. The molecule has 0 aromatic heterocycles. The van der Waals surface area contributed by atoms with E-state index in [4.69, 9.17) is 16.3 Å². The van der Waals surface area contributed by atoms with E-state index in [1.54, 1.807) is 11.8 Å². The smallest absolute Gasteiger partial charge is 0.307 e. The van der Waals surface area contributed by atoms with Gasteiger partial charge in [0.2, 0.25) is 0 Å². The first-order chi connectivity index (χ1) is 15.0. The molecule has 0 saturated carbocycles. The number of benzene rings is 2. The molecule has 0 bridgehead atoms. The first kappa shape index (κ1) is 23.4. The Kier molecular flexibility index (Phi) is 9.06. The fraction of sp³-hybridized carbons (Fsp3) is 0.391. The third kappa shape index (κ3) is 7.76. The van der Waals surface area contributed by atoms with Crippen LogP contribution >= 0.6 is 23.4 Å². The molecule has 1 aliphatic heterocycles. The summed E-state index contributed by atoms with van der Waals surface area (Å²) in [5.41, 5.74) is 1.84. The first-order valence-electron chi connectivity index (χ1n) is 10.4. The lowest BCUT2D eigenvalue weighted by Crippen LogP contribution is -2.46. The summed E-state index contributed by atoms with van der Waals surface area (Å²) in [4.78, 5) is 29.8. The molecule has 2 aromatic rings. The van der Waals surface area contributed by atoms with Crippen molar-refractivity contribution in [2.75, 3.05) is 55.3 Å². The van der Waals surface area contributed by atoms with Crippen LogP contribution in [0.4, 0.5) is 11.4 Å². The standard InChI is InChI=1S/C23H28ClN3O3S/c1-2-26-12-14-27(15-13-26)20-7-5-19(6-8-20)25-22(28)17-30-23(29)11-16-31-21-9-3-18(24)4-10-21/h3-10H,2,11-17H2,1H3,(H,25,28). The number of carbonyl (C=O) groups excluding carboxylic acids is 2. The molecular formula is C23H28ClN3O3S. The fourth-order valence-corrected chi connectivity index (χ4v) is 4.24. The van der Waals surface area contributed by atoms with Crippen molar-refractivity contribution in [3.8, 4) is 0 Å². The van der Waals surface area contributed by atoms with E-state index in [9.17, 15) is 9.59 Å². The predicted octanol–water partition coefficient (Wildman–Crippen LogP) is 4.15. The highest BCUT2D eigenvalue weighted by atomic mass is 35.5. The van der Waals surface area contributed by atoms with E-state index < -0.39 is 5.97 Å². The van der Waals surface area contributed by atoms with Gasteiger partial charge in [0.1, 0.15) is 0 Å². The summed E-state index contributed by atoms with van der Waals surface area (Å²) in [6.45, 7) is 7.13. The number of amides is 1. The molecule has 0 atom stereocenters. The number of carbonyl (C=O) groups is 2. The van der Waals surface area contributed by atoms with Crippen LogP contribution < -0.4 is 10.2 Å². The zero-order chi connectivity index (χ0) is 22.1. The van der Waals surface area contributed by atoms with Crippen LogP contribution in [0.25, 0.3) is 0 Å². The van der Waals surface area contributed by atoms with E-state index in [1.165, 1.54) is 0 Å². The Morgan fingerprint density at radius 1 is 1.03 bits per heavy atom. The maximum Gasteiger partial charge on any atom is 0.307 e. The van der Waals surface area contributed by atoms with Gasteiger partial charge in [0.05, 0.1) is 6.42 Å². The molecule has 8 heteroatoms. The fourth-order valence-electron chi connectivity index (χ4n) is 3.28. The number of ether oxygens (including phenoxy) is 1. The molecule has 0 aliphatic carbocycles. The summed E-state index contributed by atoms with van der Waals surface area (Å²) in [6, 6.07) is 15.2. The number of nitrogens with one attached hydrogen (secondary N) is 1. The number of rotatable bonds is 9. The minimum atomic E-state index is -0.391. The van der Waals surface area contributed by atoms with E-state index >= 15 is 0 Å². The van der Waals surface area contributed by atoms with Gasteiger partial charge in [-0.2, -0.15) is 0 Å². The van der Waals surface area contributed by atoms with E-state index in [1.807, 2.05) is 48.5 Å². The normalized spacial score (nSPS) is 14.3. The van der Waals surface area contributed by atoms with Gasteiger partial charge in [0.15, 0.2) is 6.61 Å². The molecule has 0 unspecified atom stereocenters. The molecule has 0 radical (unpaired) electrons. The van der Waals surface area contributed by atoms with E-state index in [0.29, 0.717) is 16.5 Å². The second kappa shape index (κ2) is 12.0. The number of piperazine rings is 1. The molecule has 1 N–H and O–H groups in total. The van der Waals surface area contributed by atoms with Crippen molar-refractivity contribution in [1.82, 2.24) is 4.90 Å². The van der Waals surface area contributed by atoms with Crippen molar-refractivity contribution in [3.63, 3.8) is 0 Å². The van der Waals surface area contributed by atoms with Gasteiger partial charge in [-0.25, -0.2) is 0 Å². The van der Waals surface area contributed by atoms with Crippen molar-refractivity contribution in [3.05, 3.63) is 53.6 Å². The Morgan fingerprint density at radius 3 is 2.35 bits per heavy atom. The van der Waals surface area contributed by atoms with Crippen LogP contribution in [0.1, 0.15) is 13.3 Å². The maximum absolute atomic E-state index is 12.1. The average molecular weight is 462 g/mol. The van der Waals surface area contributed by atoms with E-state index in [-0.39, 0.29) is 18.9 Å². The molecule has 1 heterocycles. The van der Waals surface area contributed by atoms with Gasteiger partial charge in [0, 0.05) is 53.2 Å². The topological polar surface area (TPSA) is 61.9 Å². The lowest BCUT2D eigenvalue weighted by molar-refractivity contribution is -0.146. The zero-order valence-corrected chi connectivity index (χ0v) is 19.3. The van der Waals surface area contributed by atoms with E-state index in [2.05, 4.69) is 22.0 Å². The largest absolute Gasteiger partial charge is 0.456 e. The van der Waals surface area contributed by atoms with Crippen LogP contribution in [0.3, 0.4) is 0 Å². The van der Waals surface area contributed by atoms with E-state index in [0.717, 1.165) is 43.3 Å². The number of anilines is 2. The molecule has 2 aromatic carbocycles. The highest BCUT2D eigenvalue weighted by Crippen LogP contribution is 2.21. The Bertz CT molecular complexity index is 853. The van der Waals surface area contributed by atoms with Gasteiger partial charge in [-0.05, 0) is 55.1 Å². The highest BCUT2D eigenvalue weighted by molar-refractivity contribution is 7.99. The number of nitrogens with zero attached hydrogens (tertiary/aromatic N) is 2. The SMILES string of the molecule is CCN1CCN(c2ccc(NC(=O)COC(=O)CCSc3ccc(Cl)cc3)cc2)CC1. The summed E-state index contributed by atoms with van der Waals surface area (Å²) >= 11 is 7.40. The minimum absolute atomic E-state index is 0.237. The van der Waals surface area contributed by atoms with Gasteiger partial charge >= 0.3 is 5.97 Å². The molecule has 1 fully saturated rings. The first-order valence-corrected chi connectivity index (χ1v) is 11.8. The molecule has 1 saturated heterocycles. The molecule has 3 rings (SSSR count). The molecule has 31 heavy (non-hydrogen) atoms. The Hall–Kier alpha value is -2.22. The van der Waals surface area contributed by atoms with Gasteiger partial charge in [-0.15, -0.1) is 11.8 Å². The molecule has 6 nitrogen and oxygen atoms in total. The number of thioether (sulfide) groups is 1. The monoisotopic (exact) mass is 461 g/mol. The number of halogens is 1. The van der Waals surface area contributed by atoms with Gasteiger partial charge in [-0.1, -0.05) is 18.5 Å². The number of hydrogen-bond donors (Lipinski definition) is 1. The van der Waals surface area contributed by atoms with Crippen molar-refractivity contribution in [2.45, 2.75) is 18.2 Å². The van der Waals surface area contributed by atoms with Crippen molar-refractivity contribution >= 4 is 46.6 Å². The van der Waals surface area contributed by atoms with Crippen LogP contribution in [0.15, 0.2) is 53.4 Å². The zero-order valence-electron chi connectivity index (χ0n) is 17.7. The third-order valence-electron chi connectivity index (χ3n) is 5.09. The minimum Gasteiger partial charge on any atom is -0.456 e. The molecule has 166 valence electrons. The third-order valence-corrected chi connectivity index (χ3v) is 6.35. The Balaban J connectivity index is 1.34. The average Bonchev–Trinajstić information content (AvgIpc) is 2.80. The lowest BCUT2D eigenvalue weighted by atomic mass is 10.2. The summed E-state index contributed by atoms with van der Waals surface area (Å²) in [5.74, 6) is -0.156. The van der Waals surface area contributed by atoms with Crippen LogP contribution in [0.5, 0.6) is 0 Å². The lowest BCUT2D eigenvalue weighted by Gasteiger charge is -2.35. The quantitative estimate of drug-likeness (QED) is 0.447. The van der Waals surface area contributed by atoms with Gasteiger partial charge < -0.3 is 19.9 Å². The number of esters is 1. The van der Waals surface area contributed by atoms with Crippen molar-refractivity contribution in [1.29, 1.82) is 0 Å². The van der Waals surface area contributed by atoms with Crippen molar-refractivity contribution in [2.24, 2.45) is 0 Å². The summed E-state index contributed by atoms with van der Waals surface area (Å²) in [7, 11) is 0. The second-order valence-corrected chi connectivity index (χ2v) is 8.83. The van der Waals surface area contributed by atoms with Gasteiger partial charge in [0.25, 0.3) is 5.91 Å². The number of likely N-dealkylation sites (N-methyl/N-ethyl adjacent to an activating group) is 1. The van der Waals surface area contributed by atoms with Crippen molar-refractivity contribution < 1.29 is 14.3 Å². The van der Waals surface area contributed by atoms with Crippen LogP contribution in [0, 0.1) is 0 Å². The Labute approximate surface area is 192 Å². The summed E-state index contributed by atoms with van der Waals surface area (Å²) < 4.78 is 5.07. The van der Waals surface area contributed by atoms with Crippen LogP contribution in [-0.2, 0) is 14.3 Å². The molecule has 1 aliphatic rings. The van der Waals surface area contributed by atoms with Gasteiger partial charge in [-0.3, -0.25) is 9.59 Å². The maximum atomic E-state index is 12.1. The van der Waals surface area contributed by atoms with Crippen LogP contribution in [-0.4, -0.2) is 61.9 Å². The summed E-state index contributed by atoms with van der Waals surface area (Å²) in [5, 5.41) is 3.45. The number of hydrogen-bond acceptors (Lipinski definition) is 6. The predicted molar refractivity (Wildman–Crippen MR) is 127 cm³/mol. The molecule has 0 spiro atoms. The Morgan fingerprint density at radius 2 is 1.71 bits per heavy atom. The summed E-state index contributed by atoms with van der Waals surface area (Å²) in [6.07, 6.45) is 0.237. The second-order valence-electron chi connectivity index (χ2n) is 7.23.